The van der Waals surface area contributed by atoms with Crippen molar-refractivity contribution < 1.29 is 0 Å². The van der Waals surface area contributed by atoms with Crippen LogP contribution < -0.4 is 4.90 Å². The third-order valence-electron chi connectivity index (χ3n) is 13.2. The molecule has 0 fully saturated rings. The van der Waals surface area contributed by atoms with Gasteiger partial charge in [0, 0.05) is 27.9 Å². The largest absolute Gasteiger partial charge is 0.310 e. The molecule has 0 atom stereocenters. The molecule has 1 heteroatoms. The van der Waals surface area contributed by atoms with Gasteiger partial charge in [-0.25, -0.2) is 0 Å². The molecular weight excluding hydrogens is 651 g/mol. The molecule has 0 spiro atoms. The lowest BCUT2D eigenvalue weighted by Crippen LogP contribution is -2.19. The summed E-state index contributed by atoms with van der Waals surface area (Å²) in [6, 6.07) is 53.0. The van der Waals surface area contributed by atoms with E-state index in [1.165, 1.54) is 100 Å². The molecule has 0 aliphatic heterocycles. The fraction of sp³-hybridized carbons (Fsp3) is 0.170. The Balaban J connectivity index is 1.15. The highest BCUT2D eigenvalue weighted by atomic mass is 15.1. The summed E-state index contributed by atoms with van der Waals surface area (Å²) < 4.78 is 0. The van der Waals surface area contributed by atoms with Crippen LogP contribution in [-0.2, 0) is 17.3 Å². The molecule has 0 radical (unpaired) electrons. The van der Waals surface area contributed by atoms with Gasteiger partial charge in [0.1, 0.15) is 0 Å². The van der Waals surface area contributed by atoms with E-state index in [0.29, 0.717) is 0 Å². The molecule has 0 saturated heterocycles. The molecule has 0 amide bonds. The maximum Gasteiger partial charge on any atom is 0.0471 e. The van der Waals surface area contributed by atoms with E-state index < -0.39 is 0 Å². The summed E-state index contributed by atoms with van der Waals surface area (Å²) in [5.74, 6) is 0. The van der Waals surface area contributed by atoms with Gasteiger partial charge < -0.3 is 4.90 Å². The molecule has 0 unspecified atom stereocenters. The fourth-order valence-corrected chi connectivity index (χ4v) is 10.5. The van der Waals surface area contributed by atoms with E-state index in [1.54, 1.807) is 5.57 Å². The number of benzene rings is 7. The first-order valence-electron chi connectivity index (χ1n) is 19.6. The van der Waals surface area contributed by atoms with Crippen molar-refractivity contribution in [3.8, 4) is 33.4 Å². The Morgan fingerprint density at radius 3 is 2.04 bits per heavy atom. The van der Waals surface area contributed by atoms with Crippen LogP contribution >= 0.6 is 0 Å². The van der Waals surface area contributed by atoms with Gasteiger partial charge in [-0.05, 0) is 139 Å². The van der Waals surface area contributed by atoms with Gasteiger partial charge >= 0.3 is 0 Å². The van der Waals surface area contributed by atoms with Crippen molar-refractivity contribution in [2.45, 2.75) is 57.8 Å². The van der Waals surface area contributed by atoms with E-state index in [-0.39, 0.29) is 10.8 Å². The lowest BCUT2D eigenvalue weighted by atomic mass is 9.78. The second-order valence-electron chi connectivity index (χ2n) is 16.8. The van der Waals surface area contributed by atoms with Crippen molar-refractivity contribution in [2.24, 2.45) is 0 Å². The highest BCUT2D eigenvalue weighted by Gasteiger charge is 2.39. The topological polar surface area (TPSA) is 3.24 Å². The molecule has 0 heterocycles. The average Bonchev–Trinajstić information content (AvgIpc) is 3.78. The van der Waals surface area contributed by atoms with Gasteiger partial charge in [0.05, 0.1) is 0 Å². The summed E-state index contributed by atoms with van der Waals surface area (Å²) in [6.07, 6.45) is 7.90. The van der Waals surface area contributed by atoms with Crippen molar-refractivity contribution in [1.82, 2.24) is 0 Å². The van der Waals surface area contributed by atoms with Crippen LogP contribution in [0.5, 0.6) is 0 Å². The third-order valence-corrected chi connectivity index (χ3v) is 13.2. The minimum Gasteiger partial charge on any atom is -0.310 e. The van der Waals surface area contributed by atoms with Crippen molar-refractivity contribution in [1.29, 1.82) is 0 Å². The van der Waals surface area contributed by atoms with Crippen LogP contribution in [0.3, 0.4) is 0 Å². The average molecular weight is 694 g/mol. The molecule has 54 heavy (non-hydrogen) atoms. The molecular formula is C53H43N. The third kappa shape index (κ3) is 4.39. The lowest BCUT2D eigenvalue weighted by molar-refractivity contribution is 0.607. The van der Waals surface area contributed by atoms with E-state index in [4.69, 9.17) is 0 Å². The number of fused-ring (bicyclic) bond motifs is 10. The fourth-order valence-electron chi connectivity index (χ4n) is 10.5. The molecule has 0 aromatic heterocycles. The second kappa shape index (κ2) is 11.3. The van der Waals surface area contributed by atoms with Crippen LogP contribution in [0.15, 0.2) is 157 Å². The maximum absolute atomic E-state index is 2.55. The molecule has 4 aliphatic rings. The van der Waals surface area contributed by atoms with Gasteiger partial charge in [-0.2, -0.15) is 0 Å². The minimum absolute atomic E-state index is 0.0193. The molecule has 260 valence electrons. The van der Waals surface area contributed by atoms with Gasteiger partial charge in [-0.1, -0.05) is 149 Å². The van der Waals surface area contributed by atoms with Gasteiger partial charge in [-0.15, -0.1) is 0 Å². The normalized spacial score (nSPS) is 16.4. The summed E-state index contributed by atoms with van der Waals surface area (Å²) in [6.45, 7) is 9.64. The van der Waals surface area contributed by atoms with E-state index >= 15 is 0 Å². The maximum atomic E-state index is 2.55. The zero-order valence-electron chi connectivity index (χ0n) is 31.5. The Kier molecular flexibility index (Phi) is 6.61. The summed E-state index contributed by atoms with van der Waals surface area (Å²) in [5.41, 5.74) is 22.9. The number of hydrogen-bond donors (Lipinski definition) is 0. The SMILES string of the molecule is CC1(C)C2=C(C=CCC2)c2ccc(N(c3cc4c(c(-c5ccccc5)c3)-c3ccc5ccccc5c3C4)c3ccc4c(c3)C(C)(C)c3ccccc3-4)cc21. The first-order valence-corrected chi connectivity index (χ1v) is 19.6. The van der Waals surface area contributed by atoms with Crippen molar-refractivity contribution >= 4 is 33.4 Å². The Morgan fingerprint density at radius 2 is 1.20 bits per heavy atom. The van der Waals surface area contributed by atoms with Gasteiger partial charge in [0.15, 0.2) is 0 Å². The van der Waals surface area contributed by atoms with Crippen LogP contribution in [0.4, 0.5) is 17.1 Å². The predicted molar refractivity (Wildman–Crippen MR) is 228 cm³/mol. The van der Waals surface area contributed by atoms with Crippen molar-refractivity contribution in [3.63, 3.8) is 0 Å². The van der Waals surface area contributed by atoms with Crippen LogP contribution in [0.2, 0.25) is 0 Å². The van der Waals surface area contributed by atoms with Crippen LogP contribution in [0.25, 0.3) is 49.7 Å². The molecule has 0 saturated carbocycles. The number of allylic oxidation sites excluding steroid dienone is 4. The lowest BCUT2D eigenvalue weighted by Gasteiger charge is -2.31. The van der Waals surface area contributed by atoms with Gasteiger partial charge in [-0.3, -0.25) is 0 Å². The molecule has 4 aliphatic carbocycles. The molecule has 1 nitrogen and oxygen atoms in total. The van der Waals surface area contributed by atoms with Crippen molar-refractivity contribution in [2.75, 3.05) is 4.90 Å². The first kappa shape index (κ1) is 31.6. The Bertz CT molecular complexity index is 2790. The van der Waals surface area contributed by atoms with Gasteiger partial charge in [0.25, 0.3) is 0 Å². The van der Waals surface area contributed by atoms with Crippen LogP contribution in [-0.4, -0.2) is 0 Å². The van der Waals surface area contributed by atoms with Crippen LogP contribution in [0, 0.1) is 0 Å². The second-order valence-corrected chi connectivity index (χ2v) is 16.8. The first-order chi connectivity index (χ1) is 26.3. The number of anilines is 3. The number of rotatable bonds is 4. The quantitative estimate of drug-likeness (QED) is 0.177. The molecule has 0 bridgehead atoms. The molecule has 7 aromatic rings. The van der Waals surface area contributed by atoms with Crippen LogP contribution in [0.1, 0.15) is 73.9 Å². The summed E-state index contributed by atoms with van der Waals surface area (Å²) in [4.78, 5) is 2.55. The Hall–Kier alpha value is -5.92. The standard InChI is InChI=1S/C53H43N/c1-52(2)47-20-12-10-18-40(47)42-26-23-36(31-49(42)52)54(37-24-27-43-41-19-11-13-21-48(41)53(3,4)50(43)32-37)38-28-35-29-46-39-17-9-8-16-34(39)22-25-44(46)51(35)45(30-38)33-14-6-5-7-15-33/h5-12,14-20,22-28,30-32H,13,21,29H2,1-4H3. The van der Waals surface area contributed by atoms with Gasteiger partial charge in [0.2, 0.25) is 0 Å². The smallest absolute Gasteiger partial charge is 0.0471 e. The van der Waals surface area contributed by atoms with Crippen molar-refractivity contribution in [3.05, 3.63) is 191 Å². The summed E-state index contributed by atoms with van der Waals surface area (Å²) >= 11 is 0. The zero-order valence-corrected chi connectivity index (χ0v) is 31.5. The molecule has 7 aromatic carbocycles. The predicted octanol–water partition coefficient (Wildman–Crippen LogP) is 14.2. The van der Waals surface area contributed by atoms with E-state index in [9.17, 15) is 0 Å². The minimum atomic E-state index is -0.0985. The Morgan fingerprint density at radius 1 is 0.519 bits per heavy atom. The molecule has 11 rings (SSSR count). The summed E-state index contributed by atoms with van der Waals surface area (Å²) in [7, 11) is 0. The highest BCUT2D eigenvalue weighted by molar-refractivity contribution is 6.01. The highest BCUT2D eigenvalue weighted by Crippen LogP contribution is 2.55. The number of hydrogen-bond acceptors (Lipinski definition) is 1. The van der Waals surface area contributed by atoms with E-state index in [0.717, 1.165) is 19.3 Å². The monoisotopic (exact) mass is 693 g/mol. The zero-order chi connectivity index (χ0) is 36.3. The number of nitrogens with zero attached hydrogens (tertiary/aromatic N) is 1. The van der Waals surface area contributed by atoms with E-state index in [1.807, 2.05) is 0 Å². The summed E-state index contributed by atoms with van der Waals surface area (Å²) in [5, 5.41) is 2.66. The molecule has 0 N–H and O–H groups in total. The van der Waals surface area contributed by atoms with E-state index in [2.05, 4.69) is 184 Å². The Labute approximate surface area is 319 Å².